The lowest BCUT2D eigenvalue weighted by atomic mass is 10.0. The molecule has 0 radical (unpaired) electrons. The van der Waals surface area contributed by atoms with Gasteiger partial charge in [0, 0.05) is 24.9 Å². The van der Waals surface area contributed by atoms with E-state index in [1.807, 2.05) is 0 Å². The zero-order valence-corrected chi connectivity index (χ0v) is 16.5. The van der Waals surface area contributed by atoms with Gasteiger partial charge in [0.1, 0.15) is 11.6 Å². The summed E-state index contributed by atoms with van der Waals surface area (Å²) in [6.45, 7) is 3.06. The van der Waals surface area contributed by atoms with E-state index in [1.165, 1.54) is 37.8 Å². The Labute approximate surface area is 165 Å². The molecule has 0 atom stereocenters. The standard InChI is InChI=1S/C22H28FN3O2/c1-2-3-4-5-6-7-11-20(27)26-13-12-19-18(15-26)22(28)25-21(24-19)16-9-8-10-17(23)14-16/h8-10,14H,2-7,11-13,15H2,1H3,(H,24,25,28). The Kier molecular flexibility index (Phi) is 6.95. The van der Waals surface area contributed by atoms with E-state index in [4.69, 9.17) is 0 Å². The average Bonchev–Trinajstić information content (AvgIpc) is 2.70. The number of amides is 1. The van der Waals surface area contributed by atoms with Crippen LogP contribution in [0.4, 0.5) is 4.39 Å². The summed E-state index contributed by atoms with van der Waals surface area (Å²) in [6.07, 6.45) is 7.94. The van der Waals surface area contributed by atoms with E-state index in [1.54, 1.807) is 17.0 Å². The Hall–Kier alpha value is -2.50. The SMILES string of the molecule is CCCCCCCCC(=O)N1CCc2nc(-c3cccc(F)c3)[nH]c(=O)c2C1. The van der Waals surface area contributed by atoms with Crippen LogP contribution in [0.25, 0.3) is 11.4 Å². The predicted molar refractivity (Wildman–Crippen MR) is 107 cm³/mol. The molecule has 1 aliphatic heterocycles. The van der Waals surface area contributed by atoms with Gasteiger partial charge in [-0.25, -0.2) is 9.37 Å². The number of fused-ring (bicyclic) bond motifs is 1. The fraction of sp³-hybridized carbons (Fsp3) is 0.500. The first-order valence-corrected chi connectivity index (χ1v) is 10.2. The van der Waals surface area contributed by atoms with Crippen molar-refractivity contribution < 1.29 is 9.18 Å². The maximum atomic E-state index is 13.5. The van der Waals surface area contributed by atoms with Crippen LogP contribution in [0.15, 0.2) is 29.1 Å². The highest BCUT2D eigenvalue weighted by Gasteiger charge is 2.24. The highest BCUT2D eigenvalue weighted by Crippen LogP contribution is 2.20. The first-order chi connectivity index (χ1) is 13.6. The van der Waals surface area contributed by atoms with Crippen molar-refractivity contribution in [1.29, 1.82) is 0 Å². The number of carbonyl (C=O) groups excluding carboxylic acids is 1. The van der Waals surface area contributed by atoms with Gasteiger partial charge in [0.2, 0.25) is 5.91 Å². The largest absolute Gasteiger partial charge is 0.338 e. The van der Waals surface area contributed by atoms with Crippen LogP contribution >= 0.6 is 0 Å². The molecule has 2 aromatic rings. The number of rotatable bonds is 8. The third kappa shape index (κ3) is 5.06. The van der Waals surface area contributed by atoms with Crippen LogP contribution < -0.4 is 5.56 Å². The highest BCUT2D eigenvalue weighted by atomic mass is 19.1. The number of nitrogens with one attached hydrogen (secondary N) is 1. The fourth-order valence-electron chi connectivity index (χ4n) is 3.63. The van der Waals surface area contributed by atoms with Gasteiger partial charge in [0.15, 0.2) is 0 Å². The summed E-state index contributed by atoms with van der Waals surface area (Å²) in [4.78, 5) is 34.0. The number of hydrogen-bond donors (Lipinski definition) is 1. The van der Waals surface area contributed by atoms with E-state index in [-0.39, 0.29) is 17.3 Å². The zero-order valence-electron chi connectivity index (χ0n) is 16.5. The summed E-state index contributed by atoms with van der Waals surface area (Å²) >= 11 is 0. The molecule has 0 unspecified atom stereocenters. The molecular weight excluding hydrogens is 357 g/mol. The number of halogens is 1. The lowest BCUT2D eigenvalue weighted by Gasteiger charge is -2.28. The van der Waals surface area contributed by atoms with Crippen LogP contribution in [0.5, 0.6) is 0 Å². The van der Waals surface area contributed by atoms with Gasteiger partial charge in [0.25, 0.3) is 5.56 Å². The lowest BCUT2D eigenvalue weighted by molar-refractivity contribution is -0.132. The molecule has 1 aromatic carbocycles. The molecule has 1 amide bonds. The minimum Gasteiger partial charge on any atom is -0.338 e. The first kappa shape index (κ1) is 20.2. The van der Waals surface area contributed by atoms with E-state index in [0.29, 0.717) is 48.6 Å². The van der Waals surface area contributed by atoms with Crippen LogP contribution in [0.3, 0.4) is 0 Å². The van der Waals surface area contributed by atoms with Gasteiger partial charge in [-0.05, 0) is 18.6 Å². The topological polar surface area (TPSA) is 66.1 Å². The van der Waals surface area contributed by atoms with Crippen molar-refractivity contribution in [1.82, 2.24) is 14.9 Å². The van der Waals surface area contributed by atoms with Crippen molar-refractivity contribution in [3.8, 4) is 11.4 Å². The van der Waals surface area contributed by atoms with Crippen LogP contribution in [0.2, 0.25) is 0 Å². The monoisotopic (exact) mass is 385 g/mol. The molecule has 5 nitrogen and oxygen atoms in total. The van der Waals surface area contributed by atoms with Gasteiger partial charge in [-0.15, -0.1) is 0 Å². The van der Waals surface area contributed by atoms with Gasteiger partial charge in [0.05, 0.1) is 17.8 Å². The van der Waals surface area contributed by atoms with E-state index in [9.17, 15) is 14.0 Å². The summed E-state index contributed by atoms with van der Waals surface area (Å²) in [5, 5.41) is 0. The Morgan fingerprint density at radius 2 is 2.00 bits per heavy atom. The van der Waals surface area contributed by atoms with E-state index in [0.717, 1.165) is 12.8 Å². The second kappa shape index (κ2) is 9.62. The molecule has 0 aliphatic carbocycles. The number of H-pyrrole nitrogens is 1. The first-order valence-electron chi connectivity index (χ1n) is 10.2. The summed E-state index contributed by atoms with van der Waals surface area (Å²) in [7, 11) is 0. The fourth-order valence-corrected chi connectivity index (χ4v) is 3.63. The summed E-state index contributed by atoms with van der Waals surface area (Å²) < 4.78 is 13.5. The molecule has 3 rings (SSSR count). The van der Waals surface area contributed by atoms with Gasteiger partial charge in [-0.1, -0.05) is 51.2 Å². The minimum absolute atomic E-state index is 0.106. The molecule has 1 aromatic heterocycles. The number of benzene rings is 1. The maximum absolute atomic E-state index is 13.5. The van der Waals surface area contributed by atoms with Crippen molar-refractivity contribution in [2.75, 3.05) is 6.54 Å². The van der Waals surface area contributed by atoms with Crippen molar-refractivity contribution in [3.05, 3.63) is 51.7 Å². The van der Waals surface area contributed by atoms with E-state index in [2.05, 4.69) is 16.9 Å². The van der Waals surface area contributed by atoms with Gasteiger partial charge >= 0.3 is 0 Å². The van der Waals surface area contributed by atoms with Gasteiger partial charge in [-0.3, -0.25) is 9.59 Å². The third-order valence-electron chi connectivity index (χ3n) is 5.26. The third-order valence-corrected chi connectivity index (χ3v) is 5.26. The molecule has 0 fully saturated rings. The molecule has 1 aliphatic rings. The average molecular weight is 385 g/mol. The van der Waals surface area contributed by atoms with E-state index < -0.39 is 0 Å². The summed E-state index contributed by atoms with van der Waals surface area (Å²) in [5.41, 5.74) is 1.54. The Bertz CT molecular complexity index is 878. The molecule has 0 spiro atoms. The quantitative estimate of drug-likeness (QED) is 0.692. The molecule has 1 N–H and O–H groups in total. The van der Waals surface area contributed by atoms with E-state index >= 15 is 0 Å². The molecule has 0 saturated heterocycles. The van der Waals surface area contributed by atoms with Crippen LogP contribution in [0.1, 0.15) is 63.1 Å². The maximum Gasteiger partial charge on any atom is 0.256 e. The second-order valence-electron chi connectivity index (χ2n) is 7.43. The van der Waals surface area contributed by atoms with Gasteiger partial charge < -0.3 is 9.88 Å². The van der Waals surface area contributed by atoms with Crippen molar-refractivity contribution in [2.45, 2.75) is 64.8 Å². The molecule has 150 valence electrons. The molecule has 28 heavy (non-hydrogen) atoms. The Morgan fingerprint density at radius 1 is 1.21 bits per heavy atom. The molecule has 6 heteroatoms. The number of hydrogen-bond acceptors (Lipinski definition) is 3. The normalized spacial score (nSPS) is 13.4. The molecule has 2 heterocycles. The second-order valence-corrected chi connectivity index (χ2v) is 7.43. The summed E-state index contributed by atoms with van der Waals surface area (Å²) in [5.74, 6) is 0.106. The van der Waals surface area contributed by atoms with Crippen LogP contribution in [-0.4, -0.2) is 27.3 Å². The van der Waals surface area contributed by atoms with Crippen molar-refractivity contribution >= 4 is 5.91 Å². The van der Waals surface area contributed by atoms with Crippen molar-refractivity contribution in [2.24, 2.45) is 0 Å². The molecular formula is C22H28FN3O2. The lowest BCUT2D eigenvalue weighted by Crippen LogP contribution is -2.39. The number of aromatic amines is 1. The highest BCUT2D eigenvalue weighted by molar-refractivity contribution is 5.76. The summed E-state index contributed by atoms with van der Waals surface area (Å²) in [6, 6.07) is 6.01. The Balaban J connectivity index is 1.62. The smallest absolute Gasteiger partial charge is 0.256 e. The van der Waals surface area contributed by atoms with Crippen molar-refractivity contribution in [3.63, 3.8) is 0 Å². The van der Waals surface area contributed by atoms with Gasteiger partial charge in [-0.2, -0.15) is 0 Å². The predicted octanol–water partition coefficient (Wildman–Crippen LogP) is 4.21. The number of unbranched alkanes of at least 4 members (excludes halogenated alkanes) is 5. The molecule has 0 saturated carbocycles. The Morgan fingerprint density at radius 3 is 2.79 bits per heavy atom. The minimum atomic E-state index is -0.371. The zero-order chi connectivity index (χ0) is 19.9. The number of carbonyl (C=O) groups is 1. The molecule has 0 bridgehead atoms. The van der Waals surface area contributed by atoms with Crippen LogP contribution in [-0.2, 0) is 17.8 Å². The number of nitrogens with zero attached hydrogens (tertiary/aromatic N) is 2. The number of aromatic nitrogens is 2. The van der Waals surface area contributed by atoms with Crippen LogP contribution in [0, 0.1) is 5.82 Å².